The van der Waals surface area contributed by atoms with Gasteiger partial charge in [-0.05, 0) is 56.3 Å². The van der Waals surface area contributed by atoms with Gasteiger partial charge in [0.2, 0.25) is 0 Å². The lowest BCUT2D eigenvalue weighted by Gasteiger charge is -2.36. The minimum absolute atomic E-state index is 0.00481. The summed E-state index contributed by atoms with van der Waals surface area (Å²) in [5, 5.41) is 4.59. The van der Waals surface area contributed by atoms with E-state index in [4.69, 9.17) is 23.2 Å². The fraction of sp³-hybridized carbons (Fsp3) is 0.562. The Balaban J connectivity index is 1.73. The van der Waals surface area contributed by atoms with Crippen molar-refractivity contribution in [2.24, 2.45) is 5.92 Å². The Hall–Kier alpha value is -0.770. The van der Waals surface area contributed by atoms with Gasteiger partial charge >= 0.3 is 0 Å². The molecule has 21 heavy (non-hydrogen) atoms. The van der Waals surface area contributed by atoms with Crippen LogP contribution in [-0.2, 0) is 0 Å². The number of nitrogens with one attached hydrogen (secondary N) is 1. The average Bonchev–Trinajstić information content (AvgIpc) is 3.03. The van der Waals surface area contributed by atoms with Crippen LogP contribution in [0.25, 0.3) is 0 Å². The van der Waals surface area contributed by atoms with Crippen molar-refractivity contribution in [3.63, 3.8) is 0 Å². The minimum atomic E-state index is 0.00481. The summed E-state index contributed by atoms with van der Waals surface area (Å²) in [5.41, 5.74) is 0.518. The highest BCUT2D eigenvalue weighted by atomic mass is 35.5. The maximum atomic E-state index is 12.7. The summed E-state index contributed by atoms with van der Waals surface area (Å²) < 4.78 is 0. The number of carbonyl (C=O) groups excluding carboxylic acids is 1. The van der Waals surface area contributed by atoms with E-state index in [1.165, 1.54) is 19.3 Å². The van der Waals surface area contributed by atoms with Gasteiger partial charge in [-0.3, -0.25) is 4.79 Å². The van der Waals surface area contributed by atoms with Crippen molar-refractivity contribution in [1.29, 1.82) is 0 Å². The maximum absolute atomic E-state index is 12.7. The zero-order valence-corrected chi connectivity index (χ0v) is 13.5. The Kier molecular flexibility index (Phi) is 4.72. The highest BCUT2D eigenvalue weighted by Crippen LogP contribution is 2.28. The first-order valence-electron chi connectivity index (χ1n) is 7.63. The predicted octanol–water partition coefficient (Wildman–Crippen LogP) is 3.60. The number of rotatable bonds is 2. The Morgan fingerprint density at radius 1 is 1.24 bits per heavy atom. The van der Waals surface area contributed by atoms with Crippen LogP contribution < -0.4 is 5.32 Å². The molecule has 3 nitrogen and oxygen atoms in total. The summed E-state index contributed by atoms with van der Waals surface area (Å²) in [6, 6.07) is 5.64. The van der Waals surface area contributed by atoms with Crippen LogP contribution in [0.4, 0.5) is 0 Å². The molecule has 2 saturated heterocycles. The van der Waals surface area contributed by atoms with Crippen molar-refractivity contribution in [2.45, 2.75) is 31.7 Å². The Morgan fingerprint density at radius 3 is 2.86 bits per heavy atom. The lowest BCUT2D eigenvalue weighted by atomic mass is 9.89. The molecular formula is C16H20Cl2N2O. The van der Waals surface area contributed by atoms with Gasteiger partial charge in [-0.1, -0.05) is 23.2 Å². The molecule has 2 aliphatic rings. The molecule has 2 fully saturated rings. The lowest BCUT2D eigenvalue weighted by molar-refractivity contribution is 0.0651. The standard InChI is InChI=1S/C16H20Cl2N2O/c17-12-5-6-14(18)13(9-12)16(21)20-8-2-3-11(10-20)15-4-1-7-19-15/h5-6,9,11,15,19H,1-4,7-8,10H2. The van der Waals surface area contributed by atoms with E-state index in [9.17, 15) is 4.79 Å². The van der Waals surface area contributed by atoms with Crippen LogP contribution in [0, 0.1) is 5.92 Å². The monoisotopic (exact) mass is 326 g/mol. The van der Waals surface area contributed by atoms with Crippen LogP contribution in [-0.4, -0.2) is 36.5 Å². The molecule has 2 unspecified atom stereocenters. The minimum Gasteiger partial charge on any atom is -0.338 e. The smallest absolute Gasteiger partial charge is 0.255 e. The largest absolute Gasteiger partial charge is 0.338 e. The number of hydrogen-bond donors (Lipinski definition) is 1. The number of benzene rings is 1. The average molecular weight is 327 g/mol. The molecule has 1 amide bonds. The quantitative estimate of drug-likeness (QED) is 0.900. The van der Waals surface area contributed by atoms with Crippen molar-refractivity contribution in [2.75, 3.05) is 19.6 Å². The molecule has 114 valence electrons. The Morgan fingerprint density at radius 2 is 2.10 bits per heavy atom. The van der Waals surface area contributed by atoms with Gasteiger partial charge in [-0.15, -0.1) is 0 Å². The topological polar surface area (TPSA) is 32.3 Å². The van der Waals surface area contributed by atoms with Crippen LogP contribution >= 0.6 is 23.2 Å². The predicted molar refractivity (Wildman–Crippen MR) is 86.1 cm³/mol. The van der Waals surface area contributed by atoms with Crippen molar-refractivity contribution in [3.8, 4) is 0 Å². The lowest BCUT2D eigenvalue weighted by Crippen LogP contribution is -2.45. The van der Waals surface area contributed by atoms with E-state index in [-0.39, 0.29) is 5.91 Å². The molecule has 2 heterocycles. The molecular weight excluding hydrogens is 307 g/mol. The van der Waals surface area contributed by atoms with Crippen LogP contribution in [0.3, 0.4) is 0 Å². The number of hydrogen-bond acceptors (Lipinski definition) is 2. The molecule has 2 aliphatic heterocycles. The van der Waals surface area contributed by atoms with Gasteiger partial charge < -0.3 is 10.2 Å². The molecule has 1 aromatic carbocycles. The van der Waals surface area contributed by atoms with E-state index >= 15 is 0 Å². The normalized spacial score (nSPS) is 26.1. The summed E-state index contributed by atoms with van der Waals surface area (Å²) in [7, 11) is 0. The molecule has 5 heteroatoms. The van der Waals surface area contributed by atoms with E-state index in [0.29, 0.717) is 27.6 Å². The van der Waals surface area contributed by atoms with Crippen LogP contribution in [0.15, 0.2) is 18.2 Å². The SMILES string of the molecule is O=C(c1cc(Cl)ccc1Cl)N1CCCC(C2CCCN2)C1. The Labute approximate surface area is 135 Å². The first-order valence-corrected chi connectivity index (χ1v) is 8.38. The van der Waals surface area contributed by atoms with Crippen LogP contribution in [0.2, 0.25) is 10.0 Å². The number of carbonyl (C=O) groups is 1. The van der Waals surface area contributed by atoms with Gasteiger partial charge in [0.1, 0.15) is 0 Å². The second-order valence-corrected chi connectivity index (χ2v) is 6.82. The first-order chi connectivity index (χ1) is 10.1. The molecule has 0 bridgehead atoms. The third-order valence-electron chi connectivity index (χ3n) is 4.57. The molecule has 3 rings (SSSR count). The van der Waals surface area contributed by atoms with E-state index in [0.717, 1.165) is 26.1 Å². The van der Waals surface area contributed by atoms with Crippen LogP contribution in [0.5, 0.6) is 0 Å². The molecule has 1 aromatic rings. The van der Waals surface area contributed by atoms with Crippen LogP contribution in [0.1, 0.15) is 36.0 Å². The summed E-state index contributed by atoms with van der Waals surface area (Å²) >= 11 is 12.1. The van der Waals surface area contributed by atoms with E-state index < -0.39 is 0 Å². The molecule has 2 atom stereocenters. The van der Waals surface area contributed by atoms with E-state index in [1.54, 1.807) is 18.2 Å². The molecule has 0 spiro atoms. The van der Waals surface area contributed by atoms with E-state index in [1.807, 2.05) is 4.90 Å². The van der Waals surface area contributed by atoms with Gasteiger partial charge in [-0.25, -0.2) is 0 Å². The Bertz CT molecular complexity index is 529. The van der Waals surface area contributed by atoms with Gasteiger partial charge in [0.15, 0.2) is 0 Å². The maximum Gasteiger partial charge on any atom is 0.255 e. The van der Waals surface area contributed by atoms with Crippen molar-refractivity contribution in [1.82, 2.24) is 10.2 Å². The van der Waals surface area contributed by atoms with Gasteiger partial charge in [0.05, 0.1) is 10.6 Å². The summed E-state index contributed by atoms with van der Waals surface area (Å²) in [6.45, 7) is 2.74. The summed E-state index contributed by atoms with van der Waals surface area (Å²) in [4.78, 5) is 14.6. The van der Waals surface area contributed by atoms with Gasteiger partial charge in [0, 0.05) is 24.2 Å². The second-order valence-electron chi connectivity index (χ2n) is 5.98. The fourth-order valence-electron chi connectivity index (χ4n) is 3.47. The number of piperidine rings is 1. The highest BCUT2D eigenvalue weighted by Gasteiger charge is 2.31. The van der Waals surface area contributed by atoms with Crippen molar-refractivity contribution in [3.05, 3.63) is 33.8 Å². The number of likely N-dealkylation sites (tertiary alicyclic amines) is 1. The number of amides is 1. The molecule has 1 N–H and O–H groups in total. The number of halogens is 2. The molecule has 0 aromatic heterocycles. The first kappa shape index (κ1) is 15.1. The highest BCUT2D eigenvalue weighted by molar-refractivity contribution is 6.35. The third kappa shape index (κ3) is 3.36. The fourth-order valence-corrected chi connectivity index (χ4v) is 3.84. The molecule has 0 aliphatic carbocycles. The second kappa shape index (κ2) is 6.55. The number of nitrogens with zero attached hydrogens (tertiary/aromatic N) is 1. The third-order valence-corrected chi connectivity index (χ3v) is 5.14. The molecule has 0 saturated carbocycles. The van der Waals surface area contributed by atoms with Gasteiger partial charge in [0.25, 0.3) is 5.91 Å². The summed E-state index contributed by atoms with van der Waals surface area (Å²) in [6.07, 6.45) is 4.73. The summed E-state index contributed by atoms with van der Waals surface area (Å²) in [5.74, 6) is 0.563. The zero-order valence-electron chi connectivity index (χ0n) is 11.9. The van der Waals surface area contributed by atoms with Crippen molar-refractivity contribution < 1.29 is 4.79 Å². The van der Waals surface area contributed by atoms with Gasteiger partial charge in [-0.2, -0.15) is 0 Å². The molecule has 0 radical (unpaired) electrons. The van der Waals surface area contributed by atoms with E-state index in [2.05, 4.69) is 5.32 Å². The van der Waals surface area contributed by atoms with Crippen molar-refractivity contribution >= 4 is 29.1 Å². The zero-order chi connectivity index (χ0) is 14.8.